The van der Waals surface area contributed by atoms with Gasteiger partial charge in [0.05, 0.1) is 5.69 Å². The largest absolute Gasteiger partial charge is 0.307 e. The van der Waals surface area contributed by atoms with Gasteiger partial charge in [-0.2, -0.15) is 0 Å². The van der Waals surface area contributed by atoms with Crippen molar-refractivity contribution in [2.75, 3.05) is 13.1 Å². The maximum atomic E-state index is 4.46. The molecule has 4 heteroatoms. The first-order valence-corrected chi connectivity index (χ1v) is 7.21. The summed E-state index contributed by atoms with van der Waals surface area (Å²) in [5.74, 6) is 0. The Labute approximate surface area is 111 Å². The van der Waals surface area contributed by atoms with Crippen molar-refractivity contribution in [2.45, 2.75) is 37.9 Å². The minimum atomic E-state index is 0.665. The number of hydrogen-bond acceptors (Lipinski definition) is 3. The van der Waals surface area contributed by atoms with E-state index in [0.29, 0.717) is 6.04 Å². The summed E-state index contributed by atoms with van der Waals surface area (Å²) < 4.78 is 0.922. The van der Waals surface area contributed by atoms with E-state index >= 15 is 0 Å². The smallest absolute Gasteiger partial charge is 0.106 e. The molecule has 0 spiro atoms. The van der Waals surface area contributed by atoms with E-state index in [0.717, 1.165) is 22.9 Å². The standard InChI is InChI=1S/C13H18BrN3/c14-13-5-1-3-10(16-13)9-15-11-6-8-17-7-2-4-12(11)17/h1,3,5,11-12,15H,2,4,6-9H2. The van der Waals surface area contributed by atoms with Gasteiger partial charge in [0.2, 0.25) is 0 Å². The second kappa shape index (κ2) is 5.04. The minimum Gasteiger partial charge on any atom is -0.307 e. The third-order valence-corrected chi connectivity index (χ3v) is 4.37. The molecule has 2 fully saturated rings. The van der Waals surface area contributed by atoms with Crippen molar-refractivity contribution >= 4 is 15.9 Å². The molecular weight excluding hydrogens is 278 g/mol. The van der Waals surface area contributed by atoms with Crippen molar-refractivity contribution in [1.82, 2.24) is 15.2 Å². The van der Waals surface area contributed by atoms with Crippen LogP contribution in [0.4, 0.5) is 0 Å². The lowest BCUT2D eigenvalue weighted by molar-refractivity contribution is 0.298. The van der Waals surface area contributed by atoms with Gasteiger partial charge in [-0.25, -0.2) is 4.98 Å². The van der Waals surface area contributed by atoms with E-state index in [1.54, 1.807) is 0 Å². The first kappa shape index (κ1) is 11.6. The first-order valence-electron chi connectivity index (χ1n) is 6.42. The Kier molecular flexibility index (Phi) is 3.45. The zero-order valence-corrected chi connectivity index (χ0v) is 11.5. The highest BCUT2D eigenvalue weighted by Crippen LogP contribution is 2.27. The Hall–Kier alpha value is -0.450. The number of rotatable bonds is 3. The second-order valence-electron chi connectivity index (χ2n) is 4.97. The lowest BCUT2D eigenvalue weighted by Crippen LogP contribution is -2.38. The maximum absolute atomic E-state index is 4.46. The van der Waals surface area contributed by atoms with E-state index in [9.17, 15) is 0 Å². The zero-order valence-electron chi connectivity index (χ0n) is 9.90. The number of nitrogens with zero attached hydrogens (tertiary/aromatic N) is 2. The van der Waals surface area contributed by atoms with E-state index < -0.39 is 0 Å². The quantitative estimate of drug-likeness (QED) is 0.867. The molecule has 2 saturated heterocycles. The molecule has 2 unspecified atom stereocenters. The Bertz CT molecular complexity index is 396. The Morgan fingerprint density at radius 1 is 1.35 bits per heavy atom. The molecule has 0 aliphatic carbocycles. The third-order valence-electron chi connectivity index (χ3n) is 3.92. The van der Waals surface area contributed by atoms with Crippen LogP contribution in [-0.4, -0.2) is 35.1 Å². The fourth-order valence-electron chi connectivity index (χ4n) is 3.11. The summed E-state index contributed by atoms with van der Waals surface area (Å²) in [6.07, 6.45) is 4.03. The average Bonchev–Trinajstić information content (AvgIpc) is 2.89. The molecular formula is C13H18BrN3. The van der Waals surface area contributed by atoms with Crippen molar-refractivity contribution < 1.29 is 0 Å². The van der Waals surface area contributed by atoms with Crippen molar-refractivity contribution in [3.63, 3.8) is 0 Å². The highest BCUT2D eigenvalue weighted by atomic mass is 79.9. The number of nitrogens with one attached hydrogen (secondary N) is 1. The molecule has 3 heterocycles. The van der Waals surface area contributed by atoms with Gasteiger partial charge < -0.3 is 5.32 Å². The monoisotopic (exact) mass is 295 g/mol. The van der Waals surface area contributed by atoms with Gasteiger partial charge in [-0.1, -0.05) is 6.07 Å². The van der Waals surface area contributed by atoms with Gasteiger partial charge in [0.25, 0.3) is 0 Å². The summed E-state index contributed by atoms with van der Waals surface area (Å²) in [6, 6.07) is 7.54. The number of hydrogen-bond donors (Lipinski definition) is 1. The Morgan fingerprint density at radius 2 is 2.29 bits per heavy atom. The molecule has 1 aromatic rings. The Balaban J connectivity index is 1.57. The summed E-state index contributed by atoms with van der Waals surface area (Å²) >= 11 is 3.41. The molecule has 92 valence electrons. The zero-order chi connectivity index (χ0) is 11.7. The van der Waals surface area contributed by atoms with E-state index in [1.165, 1.54) is 32.4 Å². The molecule has 0 aromatic carbocycles. The second-order valence-corrected chi connectivity index (χ2v) is 5.79. The van der Waals surface area contributed by atoms with Crippen LogP contribution >= 0.6 is 15.9 Å². The Morgan fingerprint density at radius 3 is 3.18 bits per heavy atom. The summed E-state index contributed by atoms with van der Waals surface area (Å²) in [6.45, 7) is 3.46. The summed E-state index contributed by atoms with van der Waals surface area (Å²) in [5, 5.41) is 3.67. The molecule has 17 heavy (non-hydrogen) atoms. The normalized spacial score (nSPS) is 28.5. The minimum absolute atomic E-state index is 0.665. The van der Waals surface area contributed by atoms with E-state index in [2.05, 4.69) is 37.2 Å². The van der Waals surface area contributed by atoms with Gasteiger partial charge in [-0.15, -0.1) is 0 Å². The summed E-state index contributed by atoms with van der Waals surface area (Å²) in [7, 11) is 0. The molecule has 0 bridgehead atoms. The highest BCUT2D eigenvalue weighted by molar-refractivity contribution is 9.10. The van der Waals surface area contributed by atoms with Crippen LogP contribution < -0.4 is 5.32 Å². The third kappa shape index (κ3) is 2.54. The van der Waals surface area contributed by atoms with Crippen LogP contribution in [0.1, 0.15) is 25.0 Å². The number of fused-ring (bicyclic) bond motifs is 1. The molecule has 3 nitrogen and oxygen atoms in total. The lowest BCUT2D eigenvalue weighted by Gasteiger charge is -2.21. The number of halogens is 1. The van der Waals surface area contributed by atoms with E-state index in [-0.39, 0.29) is 0 Å². The molecule has 2 aliphatic rings. The van der Waals surface area contributed by atoms with Crippen LogP contribution in [-0.2, 0) is 6.54 Å². The maximum Gasteiger partial charge on any atom is 0.106 e. The molecule has 3 rings (SSSR count). The first-order chi connectivity index (χ1) is 8.33. The fraction of sp³-hybridized carbons (Fsp3) is 0.615. The van der Waals surface area contributed by atoms with Crippen molar-refractivity contribution in [1.29, 1.82) is 0 Å². The summed E-state index contributed by atoms with van der Waals surface area (Å²) in [5.41, 5.74) is 1.12. The summed E-state index contributed by atoms with van der Waals surface area (Å²) in [4.78, 5) is 7.09. The molecule has 0 amide bonds. The van der Waals surface area contributed by atoms with Crippen molar-refractivity contribution in [3.8, 4) is 0 Å². The lowest BCUT2D eigenvalue weighted by atomic mass is 10.1. The van der Waals surface area contributed by atoms with Gasteiger partial charge in [0.1, 0.15) is 4.60 Å². The van der Waals surface area contributed by atoms with Gasteiger partial charge in [-0.05, 0) is 53.9 Å². The fourth-order valence-corrected chi connectivity index (χ4v) is 3.49. The van der Waals surface area contributed by atoms with Crippen LogP contribution in [0.5, 0.6) is 0 Å². The van der Waals surface area contributed by atoms with Crippen molar-refractivity contribution in [3.05, 3.63) is 28.5 Å². The molecule has 0 saturated carbocycles. The van der Waals surface area contributed by atoms with Crippen LogP contribution in [0, 0.1) is 0 Å². The molecule has 2 atom stereocenters. The van der Waals surface area contributed by atoms with Crippen LogP contribution in [0.3, 0.4) is 0 Å². The van der Waals surface area contributed by atoms with Crippen LogP contribution in [0.25, 0.3) is 0 Å². The van der Waals surface area contributed by atoms with Gasteiger partial charge >= 0.3 is 0 Å². The predicted molar refractivity (Wildman–Crippen MR) is 71.8 cm³/mol. The molecule has 1 aromatic heterocycles. The number of pyridine rings is 1. The number of aromatic nitrogens is 1. The van der Waals surface area contributed by atoms with Crippen LogP contribution in [0.2, 0.25) is 0 Å². The van der Waals surface area contributed by atoms with E-state index in [1.807, 2.05) is 12.1 Å². The van der Waals surface area contributed by atoms with E-state index in [4.69, 9.17) is 0 Å². The topological polar surface area (TPSA) is 28.2 Å². The molecule has 0 radical (unpaired) electrons. The van der Waals surface area contributed by atoms with Crippen LogP contribution in [0.15, 0.2) is 22.8 Å². The average molecular weight is 296 g/mol. The van der Waals surface area contributed by atoms with Gasteiger partial charge in [0, 0.05) is 25.2 Å². The molecule has 1 N–H and O–H groups in total. The van der Waals surface area contributed by atoms with Gasteiger partial charge in [0.15, 0.2) is 0 Å². The SMILES string of the molecule is Brc1cccc(CNC2CCN3CCCC23)n1. The predicted octanol–water partition coefficient (Wildman–Crippen LogP) is 2.17. The highest BCUT2D eigenvalue weighted by Gasteiger charge is 2.36. The molecule has 2 aliphatic heterocycles. The van der Waals surface area contributed by atoms with Crippen molar-refractivity contribution in [2.24, 2.45) is 0 Å². The van der Waals surface area contributed by atoms with Gasteiger partial charge in [-0.3, -0.25) is 4.90 Å².